The zero-order valence-corrected chi connectivity index (χ0v) is 17.2. The summed E-state index contributed by atoms with van der Waals surface area (Å²) in [6, 6.07) is 21.4. The second-order valence-corrected chi connectivity index (χ2v) is 9.07. The number of rotatable bonds is 6. The smallest absolute Gasteiger partial charge is 0.207 e. The molecular weight excluding hydrogens is 425 g/mol. The van der Waals surface area contributed by atoms with Gasteiger partial charge in [-0.3, -0.25) is 0 Å². The van der Waals surface area contributed by atoms with Gasteiger partial charge >= 0.3 is 0 Å². The second kappa shape index (κ2) is 8.63. The van der Waals surface area contributed by atoms with Crippen molar-refractivity contribution in [3.63, 3.8) is 0 Å². The van der Waals surface area contributed by atoms with E-state index in [2.05, 4.69) is 0 Å². The molecule has 0 atom stereocenters. The minimum absolute atomic E-state index is 0.0375. The Balaban J connectivity index is 2.04. The summed E-state index contributed by atoms with van der Waals surface area (Å²) in [5, 5.41) is 0.382. The maximum absolute atomic E-state index is 13.4. The van der Waals surface area contributed by atoms with Gasteiger partial charge in [0.25, 0.3) is 0 Å². The first kappa shape index (κ1) is 20.2. The van der Waals surface area contributed by atoms with Crippen LogP contribution >= 0.6 is 34.8 Å². The fourth-order valence-electron chi connectivity index (χ4n) is 2.64. The summed E-state index contributed by atoms with van der Waals surface area (Å²) in [5.41, 5.74) is 1.74. The molecule has 0 aromatic heterocycles. The lowest BCUT2D eigenvalue weighted by atomic mass is 10.2. The standard InChI is InChI=1S/C20H16Cl3NO2S/c21-17-11-19(23)20(12-18(17)22)27(25,26)24(13-15-7-3-1-4-8-15)14-16-9-5-2-6-10-16/h1-12H,13-14H2. The Labute approximate surface area is 174 Å². The molecule has 0 saturated carbocycles. The molecule has 3 aromatic rings. The summed E-state index contributed by atoms with van der Waals surface area (Å²) in [6.45, 7) is 0.406. The van der Waals surface area contributed by atoms with Gasteiger partial charge in [0.05, 0.1) is 15.1 Å². The normalized spacial score (nSPS) is 11.7. The lowest BCUT2D eigenvalue weighted by Crippen LogP contribution is -2.30. The lowest BCUT2D eigenvalue weighted by molar-refractivity contribution is 0.401. The number of hydrogen-bond acceptors (Lipinski definition) is 2. The summed E-state index contributed by atoms with van der Waals surface area (Å²) in [6.07, 6.45) is 0. The molecule has 7 heteroatoms. The molecule has 0 aliphatic heterocycles. The Kier molecular flexibility index (Phi) is 6.45. The molecule has 3 aromatic carbocycles. The fraction of sp³-hybridized carbons (Fsp3) is 0.100. The van der Waals surface area contributed by atoms with Crippen molar-refractivity contribution in [2.45, 2.75) is 18.0 Å². The van der Waals surface area contributed by atoms with Crippen LogP contribution in [0.2, 0.25) is 15.1 Å². The highest BCUT2D eigenvalue weighted by Crippen LogP contribution is 2.34. The van der Waals surface area contributed by atoms with E-state index >= 15 is 0 Å². The Morgan fingerprint density at radius 2 is 1.11 bits per heavy atom. The molecule has 0 radical (unpaired) electrons. The molecule has 0 aliphatic rings. The largest absolute Gasteiger partial charge is 0.245 e. The van der Waals surface area contributed by atoms with E-state index in [1.165, 1.54) is 16.4 Å². The summed E-state index contributed by atoms with van der Waals surface area (Å²) >= 11 is 18.2. The van der Waals surface area contributed by atoms with Gasteiger partial charge < -0.3 is 0 Å². The van der Waals surface area contributed by atoms with Gasteiger partial charge in [-0.05, 0) is 23.3 Å². The Morgan fingerprint density at radius 3 is 1.59 bits per heavy atom. The average Bonchev–Trinajstić information content (AvgIpc) is 2.66. The number of sulfonamides is 1. The number of hydrogen-bond donors (Lipinski definition) is 0. The Bertz CT molecular complexity index is 984. The van der Waals surface area contributed by atoms with Crippen molar-refractivity contribution in [2.24, 2.45) is 0 Å². The van der Waals surface area contributed by atoms with E-state index in [1.807, 2.05) is 60.7 Å². The van der Waals surface area contributed by atoms with E-state index in [0.717, 1.165) is 11.1 Å². The molecular formula is C20H16Cl3NO2S. The maximum Gasteiger partial charge on any atom is 0.245 e. The van der Waals surface area contributed by atoms with Crippen molar-refractivity contribution in [3.8, 4) is 0 Å². The number of benzene rings is 3. The molecule has 3 nitrogen and oxygen atoms in total. The van der Waals surface area contributed by atoms with Crippen LogP contribution in [0.25, 0.3) is 0 Å². The van der Waals surface area contributed by atoms with Gasteiger partial charge in [0.15, 0.2) is 0 Å². The van der Waals surface area contributed by atoms with E-state index < -0.39 is 10.0 Å². The van der Waals surface area contributed by atoms with Crippen molar-refractivity contribution in [1.82, 2.24) is 4.31 Å². The molecule has 140 valence electrons. The van der Waals surface area contributed by atoms with Gasteiger partial charge in [-0.1, -0.05) is 95.5 Å². The first-order valence-corrected chi connectivity index (χ1v) is 10.7. The van der Waals surface area contributed by atoms with E-state index in [4.69, 9.17) is 34.8 Å². The molecule has 0 bridgehead atoms. The Hall–Kier alpha value is -1.56. The molecule has 0 N–H and O–H groups in total. The SMILES string of the molecule is O=S(=O)(c1cc(Cl)c(Cl)cc1Cl)N(Cc1ccccc1)Cc1ccccc1. The average molecular weight is 441 g/mol. The molecule has 0 fully saturated rings. The molecule has 27 heavy (non-hydrogen) atoms. The van der Waals surface area contributed by atoms with Crippen LogP contribution in [0.5, 0.6) is 0 Å². The van der Waals surface area contributed by atoms with Crippen LogP contribution in [0.15, 0.2) is 77.7 Å². The second-order valence-electron chi connectivity index (χ2n) is 5.94. The van der Waals surface area contributed by atoms with Crippen molar-refractivity contribution < 1.29 is 8.42 Å². The van der Waals surface area contributed by atoms with Crippen LogP contribution in [-0.2, 0) is 23.1 Å². The lowest BCUT2D eigenvalue weighted by Gasteiger charge is -2.23. The highest BCUT2D eigenvalue weighted by Gasteiger charge is 2.28. The summed E-state index contributed by atoms with van der Waals surface area (Å²) in [4.78, 5) is -0.0644. The zero-order valence-electron chi connectivity index (χ0n) is 14.1. The number of nitrogens with zero attached hydrogens (tertiary/aromatic N) is 1. The van der Waals surface area contributed by atoms with Crippen LogP contribution in [0, 0.1) is 0 Å². The molecule has 0 saturated heterocycles. The monoisotopic (exact) mass is 439 g/mol. The van der Waals surface area contributed by atoms with Crippen LogP contribution in [0.3, 0.4) is 0 Å². The van der Waals surface area contributed by atoms with Gasteiger partial charge in [-0.25, -0.2) is 8.42 Å². The molecule has 0 heterocycles. The predicted octanol–water partition coefficient (Wildman–Crippen LogP) is 6.04. The first-order valence-electron chi connectivity index (χ1n) is 8.10. The van der Waals surface area contributed by atoms with Crippen molar-refractivity contribution in [1.29, 1.82) is 0 Å². The van der Waals surface area contributed by atoms with E-state index in [9.17, 15) is 8.42 Å². The third-order valence-corrected chi connectivity index (χ3v) is 6.97. The van der Waals surface area contributed by atoms with E-state index in [1.54, 1.807) is 0 Å². The molecule has 3 rings (SSSR count). The van der Waals surface area contributed by atoms with Gasteiger partial charge in [-0.2, -0.15) is 4.31 Å². The molecule has 0 aliphatic carbocycles. The van der Waals surface area contributed by atoms with Gasteiger partial charge in [0, 0.05) is 13.1 Å². The van der Waals surface area contributed by atoms with Crippen molar-refractivity contribution in [3.05, 3.63) is 99.0 Å². The predicted molar refractivity (Wildman–Crippen MR) is 111 cm³/mol. The number of halogens is 3. The topological polar surface area (TPSA) is 37.4 Å². The summed E-state index contributed by atoms with van der Waals surface area (Å²) in [5.74, 6) is 0. The third-order valence-electron chi connectivity index (χ3n) is 4.00. The van der Waals surface area contributed by atoms with Gasteiger partial charge in [0.1, 0.15) is 4.90 Å². The van der Waals surface area contributed by atoms with Crippen molar-refractivity contribution >= 4 is 44.8 Å². The van der Waals surface area contributed by atoms with E-state index in [0.29, 0.717) is 0 Å². The minimum atomic E-state index is -3.91. The van der Waals surface area contributed by atoms with Crippen LogP contribution in [0.4, 0.5) is 0 Å². The van der Waals surface area contributed by atoms with Crippen LogP contribution in [-0.4, -0.2) is 12.7 Å². The molecule has 0 spiro atoms. The Morgan fingerprint density at radius 1 is 0.667 bits per heavy atom. The highest BCUT2D eigenvalue weighted by molar-refractivity contribution is 7.89. The quantitative estimate of drug-likeness (QED) is 0.438. The fourth-order valence-corrected chi connectivity index (χ4v) is 5.03. The molecule has 0 unspecified atom stereocenters. The molecule has 0 amide bonds. The van der Waals surface area contributed by atoms with E-state index in [-0.39, 0.29) is 33.1 Å². The van der Waals surface area contributed by atoms with Crippen LogP contribution in [0.1, 0.15) is 11.1 Å². The zero-order chi connectivity index (χ0) is 19.4. The van der Waals surface area contributed by atoms with Gasteiger partial charge in [-0.15, -0.1) is 0 Å². The van der Waals surface area contributed by atoms with Gasteiger partial charge in [0.2, 0.25) is 10.0 Å². The van der Waals surface area contributed by atoms with Crippen molar-refractivity contribution in [2.75, 3.05) is 0 Å². The summed E-state index contributed by atoms with van der Waals surface area (Å²) in [7, 11) is -3.91. The summed E-state index contributed by atoms with van der Waals surface area (Å²) < 4.78 is 28.1. The first-order chi connectivity index (χ1) is 12.9. The highest BCUT2D eigenvalue weighted by atomic mass is 35.5. The van der Waals surface area contributed by atoms with Crippen LogP contribution < -0.4 is 0 Å². The minimum Gasteiger partial charge on any atom is -0.207 e. The maximum atomic E-state index is 13.4. The third kappa shape index (κ3) is 4.84.